The van der Waals surface area contributed by atoms with Crippen LogP contribution in [0.3, 0.4) is 0 Å². The highest BCUT2D eigenvalue weighted by Crippen LogP contribution is 2.33. The summed E-state index contributed by atoms with van der Waals surface area (Å²) in [6.45, 7) is 4.61. The molecule has 1 saturated heterocycles. The molecule has 144 valence electrons. The van der Waals surface area contributed by atoms with Gasteiger partial charge in [0.05, 0.1) is 19.9 Å². The Morgan fingerprint density at radius 3 is 2.41 bits per heavy atom. The third-order valence-electron chi connectivity index (χ3n) is 4.72. The van der Waals surface area contributed by atoms with Crippen LogP contribution in [0.25, 0.3) is 0 Å². The van der Waals surface area contributed by atoms with Gasteiger partial charge < -0.3 is 24.6 Å². The van der Waals surface area contributed by atoms with Gasteiger partial charge >= 0.3 is 6.03 Å². The highest BCUT2D eigenvalue weighted by atomic mass is 35.5. The van der Waals surface area contributed by atoms with Crippen molar-refractivity contribution >= 4 is 29.0 Å². The third kappa shape index (κ3) is 4.39. The largest absolute Gasteiger partial charge is 0.497 e. The maximum atomic E-state index is 12.6. The number of halogens is 1. The maximum absolute atomic E-state index is 12.6. The molecule has 0 atom stereocenters. The molecule has 1 fully saturated rings. The molecule has 1 heterocycles. The van der Waals surface area contributed by atoms with Crippen molar-refractivity contribution in [3.05, 3.63) is 47.0 Å². The van der Waals surface area contributed by atoms with Crippen LogP contribution in [0.15, 0.2) is 36.4 Å². The average Bonchev–Trinajstić information content (AvgIpc) is 2.69. The second-order valence-corrected chi connectivity index (χ2v) is 6.84. The fourth-order valence-corrected chi connectivity index (χ4v) is 3.38. The molecule has 6 nitrogen and oxygen atoms in total. The third-order valence-corrected chi connectivity index (χ3v) is 4.96. The van der Waals surface area contributed by atoms with Crippen molar-refractivity contribution in [2.24, 2.45) is 0 Å². The fourth-order valence-electron chi connectivity index (χ4n) is 3.16. The van der Waals surface area contributed by atoms with E-state index in [4.69, 9.17) is 21.1 Å². The number of carbonyl (C=O) groups is 1. The molecule has 0 aliphatic carbocycles. The van der Waals surface area contributed by atoms with Gasteiger partial charge in [0.1, 0.15) is 11.5 Å². The van der Waals surface area contributed by atoms with Crippen LogP contribution < -0.4 is 19.7 Å². The Hall–Kier alpha value is -2.60. The number of aryl methyl sites for hydroxylation is 1. The zero-order valence-corrected chi connectivity index (χ0v) is 16.5. The van der Waals surface area contributed by atoms with Crippen molar-refractivity contribution in [1.29, 1.82) is 0 Å². The molecule has 2 aromatic rings. The molecule has 7 heteroatoms. The van der Waals surface area contributed by atoms with Crippen molar-refractivity contribution < 1.29 is 14.3 Å². The summed E-state index contributed by atoms with van der Waals surface area (Å²) in [5.74, 6) is 1.58. The number of methoxy groups -OCH3 is 2. The minimum Gasteiger partial charge on any atom is -0.497 e. The first-order valence-corrected chi connectivity index (χ1v) is 9.18. The Morgan fingerprint density at radius 1 is 1.04 bits per heavy atom. The SMILES string of the molecule is COc1ccc(OC)c(N2CCN(C(=O)Nc3ccc(Cl)cc3C)CC2)c1. The predicted octanol–water partition coefficient (Wildman–Crippen LogP) is 4.02. The van der Waals surface area contributed by atoms with Crippen molar-refractivity contribution in [3.63, 3.8) is 0 Å². The lowest BCUT2D eigenvalue weighted by molar-refractivity contribution is 0.208. The van der Waals surface area contributed by atoms with Crippen LogP contribution in [0.4, 0.5) is 16.2 Å². The van der Waals surface area contributed by atoms with Crippen LogP contribution in [0.2, 0.25) is 5.02 Å². The molecule has 2 aromatic carbocycles. The van der Waals surface area contributed by atoms with Crippen molar-refractivity contribution in [2.75, 3.05) is 50.6 Å². The zero-order chi connectivity index (χ0) is 19.4. The topological polar surface area (TPSA) is 54.0 Å². The van der Waals surface area contributed by atoms with E-state index in [-0.39, 0.29) is 6.03 Å². The van der Waals surface area contributed by atoms with Crippen LogP contribution in [0, 0.1) is 6.92 Å². The lowest BCUT2D eigenvalue weighted by Gasteiger charge is -2.36. The highest BCUT2D eigenvalue weighted by Gasteiger charge is 2.23. The van der Waals surface area contributed by atoms with Gasteiger partial charge in [-0.3, -0.25) is 0 Å². The molecule has 0 spiro atoms. The van der Waals surface area contributed by atoms with E-state index >= 15 is 0 Å². The minimum atomic E-state index is -0.0994. The number of nitrogens with one attached hydrogen (secondary N) is 1. The van der Waals surface area contributed by atoms with E-state index in [1.807, 2.05) is 42.2 Å². The van der Waals surface area contributed by atoms with Crippen LogP contribution >= 0.6 is 11.6 Å². The van der Waals surface area contributed by atoms with E-state index in [1.54, 1.807) is 20.3 Å². The number of benzene rings is 2. The summed E-state index contributed by atoms with van der Waals surface area (Å²) in [6, 6.07) is 11.1. The summed E-state index contributed by atoms with van der Waals surface area (Å²) in [4.78, 5) is 16.6. The number of amides is 2. The Balaban J connectivity index is 1.64. The van der Waals surface area contributed by atoms with E-state index in [1.165, 1.54) is 0 Å². The maximum Gasteiger partial charge on any atom is 0.321 e. The van der Waals surface area contributed by atoms with E-state index in [2.05, 4.69) is 10.2 Å². The molecule has 1 aliphatic rings. The number of hydrogen-bond donors (Lipinski definition) is 1. The summed E-state index contributed by atoms with van der Waals surface area (Å²) >= 11 is 5.97. The highest BCUT2D eigenvalue weighted by molar-refractivity contribution is 6.30. The molecular formula is C20H24ClN3O3. The van der Waals surface area contributed by atoms with Crippen LogP contribution in [-0.4, -0.2) is 51.3 Å². The predicted molar refractivity (Wildman–Crippen MR) is 109 cm³/mol. The lowest BCUT2D eigenvalue weighted by atomic mass is 10.2. The molecule has 27 heavy (non-hydrogen) atoms. The molecule has 0 aromatic heterocycles. The summed E-state index contributed by atoms with van der Waals surface area (Å²) in [6.07, 6.45) is 0. The number of hydrogen-bond acceptors (Lipinski definition) is 4. The van der Waals surface area contributed by atoms with Gasteiger partial charge in [0.2, 0.25) is 0 Å². The zero-order valence-electron chi connectivity index (χ0n) is 15.8. The number of ether oxygens (including phenoxy) is 2. The Morgan fingerprint density at radius 2 is 1.78 bits per heavy atom. The lowest BCUT2D eigenvalue weighted by Crippen LogP contribution is -2.50. The number of urea groups is 1. The van der Waals surface area contributed by atoms with E-state index in [9.17, 15) is 4.79 Å². The second kappa shape index (κ2) is 8.39. The molecule has 0 radical (unpaired) electrons. The first kappa shape index (κ1) is 19.2. The molecule has 0 saturated carbocycles. The van der Waals surface area contributed by atoms with E-state index in [0.29, 0.717) is 18.1 Å². The number of rotatable bonds is 4. The average molecular weight is 390 g/mol. The van der Waals surface area contributed by atoms with Gasteiger partial charge in [-0.15, -0.1) is 0 Å². The van der Waals surface area contributed by atoms with Gasteiger partial charge in [-0.25, -0.2) is 4.79 Å². The Bertz CT molecular complexity index is 820. The Labute approximate surface area is 164 Å². The summed E-state index contributed by atoms with van der Waals surface area (Å²) in [5.41, 5.74) is 2.70. The molecule has 1 aliphatic heterocycles. The number of anilines is 2. The number of piperazine rings is 1. The van der Waals surface area contributed by atoms with Gasteiger partial charge in [-0.2, -0.15) is 0 Å². The molecule has 3 rings (SSSR count). The smallest absolute Gasteiger partial charge is 0.321 e. The molecule has 0 unspecified atom stereocenters. The molecule has 2 amide bonds. The van der Waals surface area contributed by atoms with Crippen molar-refractivity contribution in [1.82, 2.24) is 4.90 Å². The summed E-state index contributed by atoms with van der Waals surface area (Å²) < 4.78 is 10.8. The van der Waals surface area contributed by atoms with Crippen LogP contribution in [0.5, 0.6) is 11.5 Å². The van der Waals surface area contributed by atoms with E-state index < -0.39 is 0 Å². The number of carbonyl (C=O) groups excluding carboxylic acids is 1. The van der Waals surface area contributed by atoms with Gasteiger partial charge in [-0.1, -0.05) is 11.6 Å². The van der Waals surface area contributed by atoms with Crippen LogP contribution in [0.1, 0.15) is 5.56 Å². The summed E-state index contributed by atoms with van der Waals surface area (Å²) in [7, 11) is 3.30. The first-order valence-electron chi connectivity index (χ1n) is 8.81. The Kier molecular flexibility index (Phi) is 5.96. The molecular weight excluding hydrogens is 366 g/mol. The molecule has 1 N–H and O–H groups in total. The minimum absolute atomic E-state index is 0.0994. The number of nitrogens with zero attached hydrogens (tertiary/aromatic N) is 2. The quantitative estimate of drug-likeness (QED) is 0.858. The summed E-state index contributed by atoms with van der Waals surface area (Å²) in [5, 5.41) is 3.63. The van der Waals surface area contributed by atoms with Crippen LogP contribution in [-0.2, 0) is 0 Å². The second-order valence-electron chi connectivity index (χ2n) is 6.40. The van der Waals surface area contributed by atoms with Crippen molar-refractivity contribution in [2.45, 2.75) is 6.92 Å². The monoisotopic (exact) mass is 389 g/mol. The van der Waals surface area contributed by atoms with E-state index in [0.717, 1.165) is 41.5 Å². The van der Waals surface area contributed by atoms with Gasteiger partial charge in [0, 0.05) is 43.0 Å². The normalized spacial score (nSPS) is 14.1. The van der Waals surface area contributed by atoms with Gasteiger partial charge in [0.25, 0.3) is 0 Å². The standard InChI is InChI=1S/C20H24ClN3O3/c1-14-12-15(21)4-6-17(14)22-20(25)24-10-8-23(9-11-24)18-13-16(26-2)5-7-19(18)27-3/h4-7,12-13H,8-11H2,1-3H3,(H,22,25). The van der Waals surface area contributed by atoms with Crippen molar-refractivity contribution in [3.8, 4) is 11.5 Å². The van der Waals surface area contributed by atoms with Gasteiger partial charge in [0.15, 0.2) is 0 Å². The van der Waals surface area contributed by atoms with Gasteiger partial charge in [-0.05, 0) is 42.8 Å². The first-order chi connectivity index (χ1) is 13.0. The fraction of sp³-hybridized carbons (Fsp3) is 0.350. The molecule has 0 bridgehead atoms.